The zero-order valence-electron chi connectivity index (χ0n) is 17.7. The average Bonchev–Trinajstić information content (AvgIpc) is 3.27. The second-order valence-electron chi connectivity index (χ2n) is 9.20. The number of carbonyl (C=O) groups excluding carboxylic acids is 1. The molecular weight excluding hydrogens is 451 g/mol. The molecule has 0 aliphatic carbocycles. The summed E-state index contributed by atoms with van der Waals surface area (Å²) < 4.78 is 10.8. The number of benzene rings is 2. The molecule has 0 N–H and O–H groups in total. The lowest BCUT2D eigenvalue weighted by Gasteiger charge is -2.48. The smallest absolute Gasteiger partial charge is 0.225 e. The minimum absolute atomic E-state index is 0.0159. The largest absolute Gasteiger partial charge is 0.362 e. The van der Waals surface area contributed by atoms with Gasteiger partial charge in [-0.05, 0) is 65.4 Å². The number of ether oxygens (including phenoxy) is 1. The molecule has 3 aliphatic heterocycles. The molecule has 7 heteroatoms. The van der Waals surface area contributed by atoms with Crippen molar-refractivity contribution in [1.82, 2.24) is 4.90 Å². The quantitative estimate of drug-likeness (QED) is 0.514. The SMILES string of the molecule is CC(C)C(=O)N1CC2(C1)OCc1cc(C3=NSC(C)(c4cc(Cl)cc(Cl)c4)C3)ccc12. The van der Waals surface area contributed by atoms with E-state index in [1.807, 2.05) is 30.9 Å². The highest BCUT2D eigenvalue weighted by Crippen LogP contribution is 2.48. The van der Waals surface area contributed by atoms with Gasteiger partial charge in [0.1, 0.15) is 5.60 Å². The minimum atomic E-state index is -0.337. The molecule has 162 valence electrons. The summed E-state index contributed by atoms with van der Waals surface area (Å²) in [5.74, 6) is 0.208. The Balaban J connectivity index is 1.34. The van der Waals surface area contributed by atoms with Crippen molar-refractivity contribution < 1.29 is 9.53 Å². The standard InChI is InChI=1S/C24H24Cl2N2O2S/c1-14(2)22(29)28-12-24(13-28)20-5-4-15(6-16(20)11-30-24)21-10-23(3,31-27-21)17-7-18(25)9-19(26)8-17/h4-9,14H,10-13H2,1-3H3. The molecular formula is C24H24Cl2N2O2S. The molecule has 1 saturated heterocycles. The number of fused-ring (bicyclic) bond motifs is 2. The van der Waals surface area contributed by atoms with Crippen molar-refractivity contribution in [3.63, 3.8) is 0 Å². The van der Waals surface area contributed by atoms with Gasteiger partial charge in [-0.2, -0.15) is 0 Å². The molecule has 3 aliphatic rings. The number of hydrogen-bond acceptors (Lipinski definition) is 4. The number of hydrogen-bond donors (Lipinski definition) is 0. The van der Waals surface area contributed by atoms with E-state index >= 15 is 0 Å². The molecule has 31 heavy (non-hydrogen) atoms. The first kappa shape index (κ1) is 21.3. The monoisotopic (exact) mass is 474 g/mol. The molecule has 1 atom stereocenters. The fourth-order valence-electron chi connectivity index (χ4n) is 4.69. The Morgan fingerprint density at radius 1 is 1.16 bits per heavy atom. The van der Waals surface area contributed by atoms with Gasteiger partial charge in [0.25, 0.3) is 0 Å². The third-order valence-electron chi connectivity index (χ3n) is 6.47. The lowest BCUT2D eigenvalue weighted by molar-refractivity contribution is -0.171. The number of nitrogens with zero attached hydrogens (tertiary/aromatic N) is 2. The molecule has 1 unspecified atom stereocenters. The van der Waals surface area contributed by atoms with Gasteiger partial charge in [-0.25, -0.2) is 4.40 Å². The molecule has 2 aromatic rings. The molecule has 3 heterocycles. The van der Waals surface area contributed by atoms with Gasteiger partial charge < -0.3 is 9.64 Å². The van der Waals surface area contributed by atoms with Crippen molar-refractivity contribution in [2.75, 3.05) is 13.1 Å². The van der Waals surface area contributed by atoms with Gasteiger partial charge in [0, 0.05) is 22.4 Å². The number of rotatable bonds is 3. The van der Waals surface area contributed by atoms with Gasteiger partial charge in [0.15, 0.2) is 0 Å². The number of amides is 1. The molecule has 0 saturated carbocycles. The average molecular weight is 475 g/mol. The van der Waals surface area contributed by atoms with E-state index < -0.39 is 0 Å². The van der Waals surface area contributed by atoms with E-state index in [9.17, 15) is 4.79 Å². The second-order valence-corrected chi connectivity index (χ2v) is 11.3. The molecule has 2 aromatic carbocycles. The van der Waals surface area contributed by atoms with Crippen molar-refractivity contribution in [2.24, 2.45) is 10.3 Å². The summed E-state index contributed by atoms with van der Waals surface area (Å²) in [6.45, 7) is 7.91. The Hall–Kier alpha value is -1.53. The maximum atomic E-state index is 12.3. The van der Waals surface area contributed by atoms with Crippen molar-refractivity contribution in [3.8, 4) is 0 Å². The summed E-state index contributed by atoms with van der Waals surface area (Å²) in [5, 5.41) is 1.28. The predicted molar refractivity (Wildman–Crippen MR) is 127 cm³/mol. The highest BCUT2D eigenvalue weighted by molar-refractivity contribution is 7.99. The first-order chi connectivity index (χ1) is 14.7. The first-order valence-electron chi connectivity index (χ1n) is 10.5. The van der Waals surface area contributed by atoms with Crippen molar-refractivity contribution in [2.45, 2.75) is 44.1 Å². The fourth-order valence-corrected chi connectivity index (χ4v) is 6.12. The van der Waals surface area contributed by atoms with E-state index in [0.29, 0.717) is 29.7 Å². The van der Waals surface area contributed by atoms with E-state index in [1.165, 1.54) is 11.1 Å². The molecule has 5 rings (SSSR count). The van der Waals surface area contributed by atoms with Crippen LogP contribution in [0.1, 0.15) is 49.4 Å². The van der Waals surface area contributed by atoms with Crippen molar-refractivity contribution in [1.29, 1.82) is 0 Å². The normalized spacial score (nSPS) is 23.8. The predicted octanol–water partition coefficient (Wildman–Crippen LogP) is 5.97. The zero-order chi connectivity index (χ0) is 22.0. The van der Waals surface area contributed by atoms with Gasteiger partial charge >= 0.3 is 0 Å². The molecule has 0 bridgehead atoms. The van der Waals surface area contributed by atoms with Crippen LogP contribution in [0.3, 0.4) is 0 Å². The molecule has 0 radical (unpaired) electrons. The zero-order valence-corrected chi connectivity index (χ0v) is 20.1. The number of carbonyl (C=O) groups is 1. The third kappa shape index (κ3) is 3.60. The van der Waals surface area contributed by atoms with E-state index in [1.54, 1.807) is 18.0 Å². The lowest BCUT2D eigenvalue weighted by atomic mass is 9.83. The van der Waals surface area contributed by atoms with Crippen LogP contribution in [0.15, 0.2) is 40.8 Å². The Morgan fingerprint density at radius 3 is 2.55 bits per heavy atom. The first-order valence-corrected chi connectivity index (χ1v) is 12.0. The summed E-state index contributed by atoms with van der Waals surface area (Å²) in [6, 6.07) is 12.2. The van der Waals surface area contributed by atoms with E-state index in [0.717, 1.165) is 23.3 Å². The summed E-state index contributed by atoms with van der Waals surface area (Å²) in [6.07, 6.45) is 0.801. The highest BCUT2D eigenvalue weighted by Gasteiger charge is 2.52. The summed E-state index contributed by atoms with van der Waals surface area (Å²) in [5.41, 5.74) is 5.34. The maximum Gasteiger partial charge on any atom is 0.225 e. The van der Waals surface area contributed by atoms with Crippen LogP contribution in [0, 0.1) is 5.92 Å². The molecule has 1 fully saturated rings. The van der Waals surface area contributed by atoms with Crippen LogP contribution in [-0.2, 0) is 26.5 Å². The van der Waals surface area contributed by atoms with Crippen molar-refractivity contribution >= 4 is 46.8 Å². The number of likely N-dealkylation sites (tertiary alicyclic amines) is 1. The van der Waals surface area contributed by atoms with Crippen LogP contribution >= 0.6 is 35.1 Å². The van der Waals surface area contributed by atoms with E-state index in [-0.39, 0.29) is 22.2 Å². The van der Waals surface area contributed by atoms with Crippen LogP contribution in [0.5, 0.6) is 0 Å². The highest BCUT2D eigenvalue weighted by atomic mass is 35.5. The molecule has 1 spiro atoms. The van der Waals surface area contributed by atoms with Crippen LogP contribution < -0.4 is 0 Å². The Labute approximate surface area is 197 Å². The number of halogens is 2. The summed E-state index contributed by atoms with van der Waals surface area (Å²) in [4.78, 5) is 14.2. The fraction of sp³-hybridized carbons (Fsp3) is 0.417. The summed E-state index contributed by atoms with van der Waals surface area (Å²) in [7, 11) is 0. The Morgan fingerprint density at radius 2 is 1.87 bits per heavy atom. The minimum Gasteiger partial charge on any atom is -0.362 e. The van der Waals surface area contributed by atoms with Gasteiger partial charge in [0.2, 0.25) is 5.91 Å². The van der Waals surface area contributed by atoms with Crippen LogP contribution in [0.2, 0.25) is 10.0 Å². The maximum absolute atomic E-state index is 12.3. The Kier molecular flexibility index (Phi) is 5.17. The van der Waals surface area contributed by atoms with Gasteiger partial charge in [-0.3, -0.25) is 4.79 Å². The second kappa shape index (κ2) is 7.51. The van der Waals surface area contributed by atoms with Crippen LogP contribution in [-0.4, -0.2) is 29.6 Å². The van der Waals surface area contributed by atoms with Gasteiger partial charge in [-0.1, -0.05) is 49.2 Å². The van der Waals surface area contributed by atoms with Gasteiger partial charge in [0.05, 0.1) is 30.2 Å². The summed E-state index contributed by atoms with van der Waals surface area (Å²) >= 11 is 14.0. The lowest BCUT2D eigenvalue weighted by Crippen LogP contribution is -2.61. The third-order valence-corrected chi connectivity index (χ3v) is 8.00. The van der Waals surface area contributed by atoms with Gasteiger partial charge in [-0.15, -0.1) is 0 Å². The van der Waals surface area contributed by atoms with E-state index in [2.05, 4.69) is 25.1 Å². The van der Waals surface area contributed by atoms with Crippen LogP contribution in [0.25, 0.3) is 0 Å². The molecule has 4 nitrogen and oxygen atoms in total. The Bertz CT molecular complexity index is 1090. The topological polar surface area (TPSA) is 41.9 Å². The molecule has 0 aromatic heterocycles. The van der Waals surface area contributed by atoms with Crippen molar-refractivity contribution in [3.05, 3.63) is 68.7 Å². The van der Waals surface area contributed by atoms with E-state index in [4.69, 9.17) is 32.3 Å². The molecule has 1 amide bonds. The van der Waals surface area contributed by atoms with Crippen LogP contribution in [0.4, 0.5) is 0 Å².